The summed E-state index contributed by atoms with van der Waals surface area (Å²) < 4.78 is 0. The molecule has 6 heteroatoms. The van der Waals surface area contributed by atoms with E-state index in [1.54, 1.807) is 20.9 Å². The van der Waals surface area contributed by atoms with Crippen molar-refractivity contribution in [2.45, 2.75) is 32.7 Å². The van der Waals surface area contributed by atoms with Crippen molar-refractivity contribution in [2.75, 3.05) is 26.7 Å². The van der Waals surface area contributed by atoms with Crippen molar-refractivity contribution in [2.24, 2.45) is 0 Å². The molecule has 0 bridgehead atoms. The third kappa shape index (κ3) is 4.60. The number of carboxylic acid groups (broad SMARTS) is 1. The quantitative estimate of drug-likeness (QED) is 0.719. The van der Waals surface area contributed by atoms with Gasteiger partial charge in [0.1, 0.15) is 6.54 Å². The van der Waals surface area contributed by atoms with Crippen LogP contribution in [-0.2, 0) is 4.79 Å². The van der Waals surface area contributed by atoms with Crippen molar-refractivity contribution in [3.05, 3.63) is 0 Å². The van der Waals surface area contributed by atoms with Gasteiger partial charge in [0, 0.05) is 13.6 Å². The highest BCUT2D eigenvalue weighted by Crippen LogP contribution is 2.13. The molecule has 6 nitrogen and oxygen atoms in total. The lowest BCUT2D eigenvalue weighted by atomic mass is 10.1. The lowest BCUT2D eigenvalue weighted by Crippen LogP contribution is -2.54. The standard InChI is InChI=1S/C11H22N2O4/c1-5-6-13(7-9(15)16)10(17)12(4)11(2,3)8-14/h14H,5-8H2,1-4H3,(H,15,16). The number of aliphatic carboxylic acids is 1. The first-order valence-electron chi connectivity index (χ1n) is 5.61. The number of carbonyl (C=O) groups is 2. The molecule has 0 atom stereocenters. The number of amides is 2. The Kier molecular flexibility index (Phi) is 5.95. The van der Waals surface area contributed by atoms with Gasteiger partial charge in [0.05, 0.1) is 12.1 Å². The minimum absolute atomic E-state index is 0.178. The van der Waals surface area contributed by atoms with E-state index in [0.29, 0.717) is 13.0 Å². The smallest absolute Gasteiger partial charge is 0.323 e. The van der Waals surface area contributed by atoms with Gasteiger partial charge in [-0.3, -0.25) is 4.79 Å². The molecule has 0 aliphatic carbocycles. The Balaban J connectivity index is 4.76. The number of aliphatic hydroxyl groups excluding tert-OH is 1. The highest BCUT2D eigenvalue weighted by atomic mass is 16.4. The zero-order valence-electron chi connectivity index (χ0n) is 10.9. The molecule has 0 fully saturated rings. The zero-order chi connectivity index (χ0) is 13.6. The SMILES string of the molecule is CCCN(CC(=O)O)C(=O)N(C)C(C)(C)CO. The Morgan fingerprint density at radius 2 is 1.82 bits per heavy atom. The summed E-state index contributed by atoms with van der Waals surface area (Å²) in [7, 11) is 1.56. The summed E-state index contributed by atoms with van der Waals surface area (Å²) in [5.41, 5.74) is -0.707. The molecule has 0 radical (unpaired) electrons. The summed E-state index contributed by atoms with van der Waals surface area (Å²) >= 11 is 0. The second-order valence-electron chi connectivity index (χ2n) is 4.63. The largest absolute Gasteiger partial charge is 0.480 e. The van der Waals surface area contributed by atoms with Gasteiger partial charge in [-0.15, -0.1) is 0 Å². The van der Waals surface area contributed by atoms with Crippen molar-refractivity contribution in [1.82, 2.24) is 9.80 Å². The van der Waals surface area contributed by atoms with Crippen LogP contribution in [0.5, 0.6) is 0 Å². The van der Waals surface area contributed by atoms with E-state index in [1.165, 1.54) is 9.80 Å². The highest BCUT2D eigenvalue weighted by Gasteiger charge is 2.30. The molecule has 0 unspecified atom stereocenters. The van der Waals surface area contributed by atoms with Gasteiger partial charge in [0.25, 0.3) is 0 Å². The van der Waals surface area contributed by atoms with E-state index >= 15 is 0 Å². The molecule has 0 aromatic rings. The van der Waals surface area contributed by atoms with Crippen molar-refractivity contribution in [1.29, 1.82) is 0 Å². The van der Waals surface area contributed by atoms with Crippen molar-refractivity contribution >= 4 is 12.0 Å². The summed E-state index contributed by atoms with van der Waals surface area (Å²) in [4.78, 5) is 25.4. The molecule has 0 aromatic heterocycles. The maximum Gasteiger partial charge on any atom is 0.323 e. The predicted octanol–water partition coefficient (Wildman–Crippen LogP) is 0.606. The van der Waals surface area contributed by atoms with Gasteiger partial charge < -0.3 is 20.0 Å². The summed E-state index contributed by atoms with van der Waals surface area (Å²) in [5.74, 6) is -1.04. The molecule has 0 spiro atoms. The molecule has 0 aromatic carbocycles. The van der Waals surface area contributed by atoms with Gasteiger partial charge >= 0.3 is 12.0 Å². The first-order chi connectivity index (χ1) is 7.76. The minimum atomic E-state index is -1.04. The molecular formula is C11H22N2O4. The summed E-state index contributed by atoms with van der Waals surface area (Å²) in [6, 6.07) is -0.381. The maximum absolute atomic E-state index is 12.1. The van der Waals surface area contributed by atoms with Gasteiger partial charge in [0.2, 0.25) is 0 Å². The second kappa shape index (κ2) is 6.44. The van der Waals surface area contributed by atoms with Crippen LogP contribution in [0.1, 0.15) is 27.2 Å². The van der Waals surface area contributed by atoms with Crippen LogP contribution in [0.25, 0.3) is 0 Å². The molecule has 0 aliphatic heterocycles. The number of urea groups is 1. The zero-order valence-corrected chi connectivity index (χ0v) is 10.9. The molecule has 0 saturated heterocycles. The van der Waals surface area contributed by atoms with Crippen molar-refractivity contribution in [3.63, 3.8) is 0 Å². The number of rotatable bonds is 6. The average molecular weight is 246 g/mol. The molecule has 100 valence electrons. The topological polar surface area (TPSA) is 81.1 Å². The third-order valence-electron chi connectivity index (χ3n) is 2.67. The van der Waals surface area contributed by atoms with E-state index in [-0.39, 0.29) is 19.2 Å². The van der Waals surface area contributed by atoms with Crippen LogP contribution in [-0.4, -0.2) is 64.3 Å². The fourth-order valence-electron chi connectivity index (χ4n) is 1.25. The van der Waals surface area contributed by atoms with Crippen LogP contribution in [0, 0.1) is 0 Å². The molecule has 0 heterocycles. The van der Waals surface area contributed by atoms with E-state index in [4.69, 9.17) is 5.11 Å². The Labute approximate surface area is 102 Å². The molecular weight excluding hydrogens is 224 g/mol. The Bertz CT molecular complexity index is 279. The van der Waals surface area contributed by atoms with E-state index in [1.807, 2.05) is 6.92 Å². The van der Waals surface area contributed by atoms with Gasteiger partial charge in [-0.2, -0.15) is 0 Å². The molecule has 0 rings (SSSR count). The monoisotopic (exact) mass is 246 g/mol. The maximum atomic E-state index is 12.1. The number of nitrogens with zero attached hydrogens (tertiary/aromatic N) is 2. The van der Waals surface area contributed by atoms with Crippen LogP contribution < -0.4 is 0 Å². The number of likely N-dealkylation sites (N-methyl/N-ethyl adjacent to an activating group) is 1. The van der Waals surface area contributed by atoms with E-state index < -0.39 is 11.5 Å². The van der Waals surface area contributed by atoms with Crippen LogP contribution in [0.3, 0.4) is 0 Å². The van der Waals surface area contributed by atoms with Crippen molar-refractivity contribution in [3.8, 4) is 0 Å². The molecule has 2 N–H and O–H groups in total. The lowest BCUT2D eigenvalue weighted by molar-refractivity contribution is -0.137. The fourth-order valence-corrected chi connectivity index (χ4v) is 1.25. The number of hydrogen-bond donors (Lipinski definition) is 2. The Morgan fingerprint density at radius 3 is 2.18 bits per heavy atom. The minimum Gasteiger partial charge on any atom is -0.480 e. The second-order valence-corrected chi connectivity index (χ2v) is 4.63. The van der Waals surface area contributed by atoms with E-state index in [9.17, 15) is 14.7 Å². The molecule has 0 aliphatic rings. The van der Waals surface area contributed by atoms with Crippen LogP contribution in [0.15, 0.2) is 0 Å². The average Bonchev–Trinajstić information content (AvgIpc) is 2.26. The van der Waals surface area contributed by atoms with Crippen LogP contribution in [0.2, 0.25) is 0 Å². The first-order valence-corrected chi connectivity index (χ1v) is 5.61. The van der Waals surface area contributed by atoms with Crippen molar-refractivity contribution < 1.29 is 19.8 Å². The van der Waals surface area contributed by atoms with Gasteiger partial charge in [-0.1, -0.05) is 6.92 Å². The van der Waals surface area contributed by atoms with E-state index in [2.05, 4.69) is 0 Å². The summed E-state index contributed by atoms with van der Waals surface area (Å²) in [6.07, 6.45) is 0.687. The van der Waals surface area contributed by atoms with Crippen LogP contribution >= 0.6 is 0 Å². The van der Waals surface area contributed by atoms with Gasteiger partial charge in [-0.25, -0.2) is 4.79 Å². The third-order valence-corrected chi connectivity index (χ3v) is 2.67. The Morgan fingerprint density at radius 1 is 1.29 bits per heavy atom. The predicted molar refractivity (Wildman–Crippen MR) is 63.8 cm³/mol. The van der Waals surface area contributed by atoms with Gasteiger partial charge in [-0.05, 0) is 20.3 Å². The molecule has 17 heavy (non-hydrogen) atoms. The number of carboxylic acids is 1. The summed E-state index contributed by atoms with van der Waals surface area (Å²) in [5, 5.41) is 17.9. The van der Waals surface area contributed by atoms with E-state index in [0.717, 1.165) is 0 Å². The summed E-state index contributed by atoms with van der Waals surface area (Å²) in [6.45, 7) is 5.20. The highest BCUT2D eigenvalue weighted by molar-refractivity contribution is 5.80. The number of aliphatic hydroxyl groups is 1. The van der Waals surface area contributed by atoms with Crippen LogP contribution in [0.4, 0.5) is 4.79 Å². The molecule has 0 saturated carbocycles. The normalized spacial score (nSPS) is 11.1. The molecule has 2 amide bonds. The number of carbonyl (C=O) groups excluding carboxylic acids is 1. The fraction of sp³-hybridized carbons (Fsp3) is 0.818. The first kappa shape index (κ1) is 15.7. The number of hydrogen-bond acceptors (Lipinski definition) is 3. The Hall–Kier alpha value is -1.30. The lowest BCUT2D eigenvalue weighted by Gasteiger charge is -2.37. The van der Waals surface area contributed by atoms with Gasteiger partial charge in [0.15, 0.2) is 0 Å².